The van der Waals surface area contributed by atoms with Gasteiger partial charge in [0.15, 0.2) is 0 Å². The molecule has 2 rings (SSSR count). The van der Waals surface area contributed by atoms with Crippen LogP contribution in [-0.4, -0.2) is 24.1 Å². The number of hydrogen-bond donors (Lipinski definition) is 2. The van der Waals surface area contributed by atoms with Gasteiger partial charge < -0.3 is 20.1 Å². The van der Waals surface area contributed by atoms with Gasteiger partial charge in [-0.25, -0.2) is 5.84 Å². The van der Waals surface area contributed by atoms with E-state index in [0.29, 0.717) is 17.2 Å². The van der Waals surface area contributed by atoms with Crippen LogP contribution in [0.25, 0.3) is 0 Å². The molecule has 0 spiro atoms. The van der Waals surface area contributed by atoms with Crippen LogP contribution in [0.4, 0.5) is 10.8 Å². The summed E-state index contributed by atoms with van der Waals surface area (Å²) in [6, 6.07) is 0. The number of nitro groups is 1. The number of imidazole rings is 1. The molecule has 84 valence electrons. The van der Waals surface area contributed by atoms with Gasteiger partial charge in [0.25, 0.3) is 0 Å². The summed E-state index contributed by atoms with van der Waals surface area (Å²) in [5, 5.41) is 14.9. The monoisotopic (exact) mass is 241 g/mol. The zero-order valence-corrected chi connectivity index (χ0v) is 8.72. The van der Waals surface area contributed by atoms with Gasteiger partial charge in [-0.05, 0) is 9.91 Å². The van der Waals surface area contributed by atoms with Crippen LogP contribution in [0, 0.1) is 10.1 Å². The normalized spacial score (nSPS) is 10.3. The van der Waals surface area contributed by atoms with Crippen molar-refractivity contribution in [2.24, 2.45) is 5.84 Å². The van der Waals surface area contributed by atoms with E-state index < -0.39 is 4.92 Å². The number of rotatable bonds is 4. The summed E-state index contributed by atoms with van der Waals surface area (Å²) in [6.45, 7) is 0.330. The summed E-state index contributed by atoms with van der Waals surface area (Å²) < 4.78 is 5.25. The number of nitrogens with zero attached hydrogens (tertiary/aromatic N) is 5. The van der Waals surface area contributed by atoms with E-state index >= 15 is 0 Å². The predicted molar refractivity (Wildman–Crippen MR) is 55.7 cm³/mol. The molecule has 0 atom stereocenters. The lowest BCUT2D eigenvalue weighted by atomic mass is 10.4. The summed E-state index contributed by atoms with van der Waals surface area (Å²) in [5.41, 5.74) is 3.06. The highest BCUT2D eigenvalue weighted by Crippen LogP contribution is 2.17. The van der Waals surface area contributed by atoms with E-state index in [4.69, 9.17) is 5.84 Å². The summed E-state index contributed by atoms with van der Waals surface area (Å²) in [5.74, 6) is 5.05. The Bertz CT molecular complexity index is 506. The number of nitrogen functional groups attached to an aromatic ring is 1. The molecule has 0 bridgehead atoms. The van der Waals surface area contributed by atoms with Crippen LogP contribution in [-0.2, 0) is 6.54 Å². The minimum atomic E-state index is -0.558. The van der Waals surface area contributed by atoms with Gasteiger partial charge >= 0.3 is 5.82 Å². The molecular weight excluding hydrogens is 234 g/mol. The largest absolute Gasteiger partial charge is 0.381 e. The zero-order chi connectivity index (χ0) is 11.5. The summed E-state index contributed by atoms with van der Waals surface area (Å²) in [6.07, 6.45) is 2.68. The molecule has 0 unspecified atom stereocenters. The lowest BCUT2D eigenvalue weighted by Crippen LogP contribution is -2.08. The topological polar surface area (TPSA) is 125 Å². The van der Waals surface area contributed by atoms with Crippen LogP contribution in [0.5, 0.6) is 0 Å². The predicted octanol–water partition coefficient (Wildman–Crippen LogP) is -0.0233. The molecule has 0 aliphatic rings. The number of aromatic nitrogens is 4. The van der Waals surface area contributed by atoms with Crippen molar-refractivity contribution in [2.75, 3.05) is 5.43 Å². The fourth-order valence-corrected chi connectivity index (χ4v) is 1.61. The van der Waals surface area contributed by atoms with Gasteiger partial charge in [0.1, 0.15) is 16.9 Å². The van der Waals surface area contributed by atoms with Crippen molar-refractivity contribution < 1.29 is 4.92 Å². The molecule has 0 aliphatic carbocycles. The Morgan fingerprint density at radius 1 is 1.69 bits per heavy atom. The first-order valence-corrected chi connectivity index (χ1v) is 4.92. The minimum Gasteiger partial charge on any atom is -0.358 e. The Kier molecular flexibility index (Phi) is 2.74. The molecule has 0 fully saturated rings. The van der Waals surface area contributed by atoms with Crippen molar-refractivity contribution in [3.8, 4) is 0 Å². The molecule has 0 aromatic carbocycles. The first-order chi connectivity index (χ1) is 7.70. The number of anilines is 1. The van der Waals surface area contributed by atoms with Gasteiger partial charge in [0, 0.05) is 11.5 Å². The quantitative estimate of drug-likeness (QED) is 0.437. The van der Waals surface area contributed by atoms with Crippen LogP contribution >= 0.6 is 11.5 Å². The molecule has 16 heavy (non-hydrogen) atoms. The van der Waals surface area contributed by atoms with E-state index in [2.05, 4.69) is 20.0 Å². The fourth-order valence-electron chi connectivity index (χ4n) is 1.12. The lowest BCUT2D eigenvalue weighted by molar-refractivity contribution is -0.389. The maximum Gasteiger partial charge on any atom is 0.381 e. The van der Waals surface area contributed by atoms with Crippen LogP contribution in [0.1, 0.15) is 5.69 Å². The average molecular weight is 241 g/mol. The first-order valence-electron chi connectivity index (χ1n) is 4.14. The van der Waals surface area contributed by atoms with Crippen molar-refractivity contribution in [1.82, 2.24) is 19.1 Å². The third-order valence-corrected chi connectivity index (χ3v) is 2.53. The summed E-state index contributed by atoms with van der Waals surface area (Å²) in [7, 11) is 0. The SMILES string of the molecule is NNc1snnc1Cn1cnc([N+](=O)[O-])c1. The third kappa shape index (κ3) is 1.97. The molecule has 0 radical (unpaired) electrons. The van der Waals surface area contributed by atoms with Gasteiger partial charge in [-0.15, -0.1) is 5.10 Å². The molecule has 0 saturated carbocycles. The number of nitrogens with one attached hydrogen (secondary N) is 1. The lowest BCUT2D eigenvalue weighted by Gasteiger charge is -1.98. The molecule has 10 heteroatoms. The van der Waals surface area contributed by atoms with E-state index in [-0.39, 0.29) is 5.82 Å². The molecule has 0 saturated heterocycles. The van der Waals surface area contributed by atoms with Crippen molar-refractivity contribution in [3.05, 3.63) is 28.3 Å². The smallest absolute Gasteiger partial charge is 0.358 e. The molecule has 2 aromatic rings. The average Bonchev–Trinajstić information content (AvgIpc) is 2.87. The van der Waals surface area contributed by atoms with E-state index in [1.165, 1.54) is 17.1 Å². The summed E-state index contributed by atoms with van der Waals surface area (Å²) >= 11 is 1.12. The van der Waals surface area contributed by atoms with Gasteiger partial charge in [-0.3, -0.25) is 0 Å². The molecule has 2 heterocycles. The third-order valence-electron chi connectivity index (χ3n) is 1.83. The maximum atomic E-state index is 10.4. The van der Waals surface area contributed by atoms with Crippen LogP contribution < -0.4 is 11.3 Å². The van der Waals surface area contributed by atoms with E-state index in [0.717, 1.165) is 11.5 Å². The molecule has 9 nitrogen and oxygen atoms in total. The highest BCUT2D eigenvalue weighted by atomic mass is 32.1. The fraction of sp³-hybridized carbons (Fsp3) is 0.167. The maximum absolute atomic E-state index is 10.4. The zero-order valence-electron chi connectivity index (χ0n) is 7.90. The van der Waals surface area contributed by atoms with Gasteiger partial charge in [0.2, 0.25) is 6.33 Å². The van der Waals surface area contributed by atoms with Crippen molar-refractivity contribution in [1.29, 1.82) is 0 Å². The van der Waals surface area contributed by atoms with Crippen LogP contribution in [0.2, 0.25) is 0 Å². The second kappa shape index (κ2) is 4.20. The minimum absolute atomic E-state index is 0.203. The van der Waals surface area contributed by atoms with Crippen molar-refractivity contribution >= 4 is 22.4 Å². The summed E-state index contributed by atoms with van der Waals surface area (Å²) in [4.78, 5) is 13.5. The van der Waals surface area contributed by atoms with Crippen LogP contribution in [0.3, 0.4) is 0 Å². The Morgan fingerprint density at radius 3 is 3.12 bits per heavy atom. The second-order valence-electron chi connectivity index (χ2n) is 2.85. The van der Waals surface area contributed by atoms with Crippen molar-refractivity contribution in [3.63, 3.8) is 0 Å². The Labute approximate surface area is 93.2 Å². The van der Waals surface area contributed by atoms with Crippen molar-refractivity contribution in [2.45, 2.75) is 6.54 Å². The first kappa shape index (κ1) is 10.4. The highest BCUT2D eigenvalue weighted by Gasteiger charge is 2.12. The highest BCUT2D eigenvalue weighted by molar-refractivity contribution is 7.10. The Morgan fingerprint density at radius 2 is 2.50 bits per heavy atom. The molecular formula is C6H7N7O2S. The standard InChI is InChI=1S/C6H7N7O2S/c7-9-6-4(10-11-16-6)1-12-2-5(8-3-12)13(14)15/h2-3,9H,1,7H2. The molecule has 2 aromatic heterocycles. The van der Waals surface area contributed by atoms with Gasteiger partial charge in [-0.1, -0.05) is 4.49 Å². The Hall–Kier alpha value is -2.07. The van der Waals surface area contributed by atoms with Gasteiger partial charge in [0.05, 0.1) is 6.54 Å². The number of hydrogen-bond acceptors (Lipinski definition) is 8. The number of hydrazine groups is 1. The van der Waals surface area contributed by atoms with Crippen LogP contribution in [0.15, 0.2) is 12.5 Å². The number of nitrogens with two attached hydrogens (primary N) is 1. The van der Waals surface area contributed by atoms with E-state index in [1.807, 2.05) is 0 Å². The molecule has 0 aliphatic heterocycles. The second-order valence-corrected chi connectivity index (χ2v) is 3.61. The van der Waals surface area contributed by atoms with E-state index in [9.17, 15) is 10.1 Å². The van der Waals surface area contributed by atoms with E-state index in [1.54, 1.807) is 0 Å². The Balaban J connectivity index is 2.17. The molecule has 0 amide bonds. The van der Waals surface area contributed by atoms with Gasteiger partial charge in [-0.2, -0.15) is 0 Å². The molecule has 3 N–H and O–H groups in total.